The van der Waals surface area contributed by atoms with Crippen molar-refractivity contribution in [3.8, 4) is 0 Å². The molecule has 4 rings (SSSR count). The van der Waals surface area contributed by atoms with Crippen molar-refractivity contribution in [2.45, 2.75) is 6.04 Å². The number of rotatable bonds is 3. The van der Waals surface area contributed by atoms with Gasteiger partial charge in [-0.3, -0.25) is 9.78 Å². The highest BCUT2D eigenvalue weighted by atomic mass is 16.1. The fourth-order valence-electron chi connectivity index (χ4n) is 3.28. The van der Waals surface area contributed by atoms with Crippen molar-refractivity contribution in [3.63, 3.8) is 0 Å². The molecule has 1 aliphatic heterocycles. The van der Waals surface area contributed by atoms with Crippen LogP contribution in [0.25, 0.3) is 10.9 Å². The zero-order chi connectivity index (χ0) is 13.7. The fraction of sp³-hybridized carbons (Fsp3) is 0.333. The Balaban J connectivity index is 1.78. The molecular formula is C15H16N4O. The van der Waals surface area contributed by atoms with Gasteiger partial charge >= 0.3 is 0 Å². The first-order chi connectivity index (χ1) is 9.75. The van der Waals surface area contributed by atoms with E-state index in [0.717, 1.165) is 29.7 Å². The maximum absolute atomic E-state index is 11.6. The second kappa shape index (κ2) is 4.18. The zero-order valence-corrected chi connectivity index (χ0v) is 11.0. The van der Waals surface area contributed by atoms with Crippen LogP contribution in [0.5, 0.6) is 0 Å². The number of hydrogen-bond acceptors (Lipinski definition) is 4. The molecule has 2 aliphatic rings. The smallest absolute Gasteiger partial charge is 0.252 e. The molecule has 0 bridgehead atoms. The number of carbonyl (C=O) groups is 1. The number of amides is 1. The summed E-state index contributed by atoms with van der Waals surface area (Å²) in [4.78, 5) is 16.0. The Morgan fingerprint density at radius 3 is 2.80 bits per heavy atom. The van der Waals surface area contributed by atoms with Crippen LogP contribution in [0.1, 0.15) is 10.4 Å². The van der Waals surface area contributed by atoms with Crippen molar-refractivity contribution in [1.29, 1.82) is 0 Å². The zero-order valence-electron chi connectivity index (χ0n) is 11.0. The lowest BCUT2D eigenvalue weighted by molar-refractivity contribution is 0.100. The molecule has 102 valence electrons. The van der Waals surface area contributed by atoms with E-state index < -0.39 is 5.91 Å². The number of nitrogens with one attached hydrogen (secondary N) is 2. The number of carbonyl (C=O) groups excluding carboxylic acids is 1. The van der Waals surface area contributed by atoms with Gasteiger partial charge in [0.2, 0.25) is 0 Å². The minimum atomic E-state index is -0.435. The van der Waals surface area contributed by atoms with E-state index in [2.05, 4.69) is 15.6 Å². The molecule has 2 fully saturated rings. The quantitative estimate of drug-likeness (QED) is 0.774. The molecule has 1 aromatic heterocycles. The van der Waals surface area contributed by atoms with E-state index in [1.54, 1.807) is 6.20 Å². The Morgan fingerprint density at radius 2 is 2.05 bits per heavy atom. The van der Waals surface area contributed by atoms with Crippen LogP contribution in [0.15, 0.2) is 30.5 Å². The number of nitrogens with zero attached hydrogens (tertiary/aromatic N) is 1. The lowest BCUT2D eigenvalue weighted by atomic mass is 10.1. The van der Waals surface area contributed by atoms with Crippen LogP contribution in [0.2, 0.25) is 0 Å². The summed E-state index contributed by atoms with van der Waals surface area (Å²) in [5, 5.41) is 7.86. The highest BCUT2D eigenvalue weighted by Crippen LogP contribution is 2.44. The van der Waals surface area contributed by atoms with Crippen molar-refractivity contribution in [1.82, 2.24) is 10.3 Å². The average molecular weight is 268 g/mol. The highest BCUT2D eigenvalue weighted by molar-refractivity contribution is 6.06. The maximum atomic E-state index is 11.6. The van der Waals surface area contributed by atoms with E-state index in [-0.39, 0.29) is 0 Å². The molecule has 2 aromatic rings. The first kappa shape index (κ1) is 11.7. The van der Waals surface area contributed by atoms with E-state index in [1.165, 1.54) is 0 Å². The van der Waals surface area contributed by atoms with Gasteiger partial charge in [-0.1, -0.05) is 18.2 Å². The van der Waals surface area contributed by atoms with Crippen LogP contribution in [0.3, 0.4) is 0 Å². The van der Waals surface area contributed by atoms with Crippen LogP contribution in [-0.2, 0) is 0 Å². The van der Waals surface area contributed by atoms with E-state index in [4.69, 9.17) is 5.73 Å². The molecule has 1 saturated heterocycles. The lowest BCUT2D eigenvalue weighted by Gasteiger charge is -2.14. The van der Waals surface area contributed by atoms with Gasteiger partial charge in [0.05, 0.1) is 16.8 Å². The van der Waals surface area contributed by atoms with Crippen LogP contribution >= 0.6 is 0 Å². The molecule has 1 aliphatic carbocycles. The van der Waals surface area contributed by atoms with Crippen LogP contribution < -0.4 is 16.4 Å². The molecule has 5 nitrogen and oxygen atoms in total. The van der Waals surface area contributed by atoms with Gasteiger partial charge in [-0.05, 0) is 17.9 Å². The number of hydrogen-bond donors (Lipinski definition) is 3. The minimum Gasteiger partial charge on any atom is -0.380 e. The summed E-state index contributed by atoms with van der Waals surface area (Å²) in [5.41, 5.74) is 7.67. The van der Waals surface area contributed by atoms with Gasteiger partial charge in [0.1, 0.15) is 0 Å². The number of primary amides is 1. The summed E-state index contributed by atoms with van der Waals surface area (Å²) >= 11 is 0. The largest absolute Gasteiger partial charge is 0.380 e. The number of anilines is 1. The summed E-state index contributed by atoms with van der Waals surface area (Å²) in [6.07, 6.45) is 1.57. The molecule has 1 aromatic carbocycles. The number of piperidine rings is 1. The number of aromatic nitrogens is 1. The third kappa shape index (κ3) is 1.67. The number of fused-ring (bicyclic) bond motifs is 2. The van der Waals surface area contributed by atoms with Crippen molar-refractivity contribution in [3.05, 3.63) is 36.0 Å². The Labute approximate surface area is 116 Å². The van der Waals surface area contributed by atoms with Crippen molar-refractivity contribution in [2.24, 2.45) is 17.6 Å². The topological polar surface area (TPSA) is 80.0 Å². The number of pyridine rings is 1. The highest BCUT2D eigenvalue weighted by Gasteiger charge is 2.53. The van der Waals surface area contributed by atoms with Gasteiger partial charge in [-0.15, -0.1) is 0 Å². The standard InChI is InChI=1S/C15H16N4O/c16-15(20)11-7-18-12-4-2-1-3-8(12)13(11)19-14-9-5-17-6-10(9)14/h1-4,7,9-10,14,17H,5-6H2,(H2,16,20)(H,18,19). The van der Waals surface area contributed by atoms with Crippen molar-refractivity contribution in [2.75, 3.05) is 18.4 Å². The van der Waals surface area contributed by atoms with E-state index >= 15 is 0 Å². The molecule has 5 heteroatoms. The normalized spacial score (nSPS) is 27.3. The predicted octanol–water partition coefficient (Wildman–Crippen LogP) is 0.963. The Morgan fingerprint density at radius 1 is 1.30 bits per heavy atom. The van der Waals surface area contributed by atoms with Crippen molar-refractivity contribution >= 4 is 22.5 Å². The Hall–Kier alpha value is -2.14. The minimum absolute atomic E-state index is 0.435. The molecule has 4 N–H and O–H groups in total. The van der Waals surface area contributed by atoms with E-state index in [9.17, 15) is 4.79 Å². The van der Waals surface area contributed by atoms with Gasteiger partial charge < -0.3 is 16.4 Å². The summed E-state index contributed by atoms with van der Waals surface area (Å²) in [7, 11) is 0. The SMILES string of the molecule is NC(=O)c1cnc2ccccc2c1NC1C2CNCC21. The molecule has 1 saturated carbocycles. The van der Waals surface area contributed by atoms with Crippen molar-refractivity contribution < 1.29 is 4.79 Å². The van der Waals surface area contributed by atoms with E-state index in [0.29, 0.717) is 23.4 Å². The van der Waals surface area contributed by atoms with Gasteiger partial charge in [0.25, 0.3) is 5.91 Å². The molecule has 0 spiro atoms. The van der Waals surface area contributed by atoms with Crippen LogP contribution in [0, 0.1) is 11.8 Å². The Bertz CT molecular complexity index is 689. The molecular weight excluding hydrogens is 252 g/mol. The maximum Gasteiger partial charge on any atom is 0.252 e. The van der Waals surface area contributed by atoms with E-state index in [1.807, 2.05) is 24.3 Å². The van der Waals surface area contributed by atoms with Crippen LogP contribution in [-0.4, -0.2) is 30.0 Å². The molecule has 0 radical (unpaired) electrons. The third-order valence-corrected chi connectivity index (χ3v) is 4.44. The summed E-state index contributed by atoms with van der Waals surface area (Å²) < 4.78 is 0. The fourth-order valence-corrected chi connectivity index (χ4v) is 3.28. The number of benzene rings is 1. The molecule has 20 heavy (non-hydrogen) atoms. The Kier molecular flexibility index (Phi) is 2.44. The molecule has 2 atom stereocenters. The molecule has 2 unspecified atom stereocenters. The lowest BCUT2D eigenvalue weighted by Crippen LogP contribution is -2.23. The van der Waals surface area contributed by atoms with Gasteiger partial charge in [0, 0.05) is 30.7 Å². The first-order valence-corrected chi connectivity index (χ1v) is 6.90. The predicted molar refractivity (Wildman–Crippen MR) is 77.5 cm³/mol. The van der Waals surface area contributed by atoms with Gasteiger partial charge in [0.15, 0.2) is 0 Å². The summed E-state index contributed by atoms with van der Waals surface area (Å²) in [5.74, 6) is 0.903. The second-order valence-corrected chi connectivity index (χ2v) is 5.58. The average Bonchev–Trinajstić information content (AvgIpc) is 2.89. The number of para-hydroxylation sites is 1. The molecule has 1 amide bonds. The summed E-state index contributed by atoms with van der Waals surface area (Å²) in [6.45, 7) is 2.11. The van der Waals surface area contributed by atoms with Gasteiger partial charge in [-0.2, -0.15) is 0 Å². The molecule has 2 heterocycles. The van der Waals surface area contributed by atoms with Gasteiger partial charge in [-0.25, -0.2) is 0 Å². The first-order valence-electron chi connectivity index (χ1n) is 6.90. The third-order valence-electron chi connectivity index (χ3n) is 4.44. The number of nitrogens with two attached hydrogens (primary N) is 1. The second-order valence-electron chi connectivity index (χ2n) is 5.58. The monoisotopic (exact) mass is 268 g/mol. The van der Waals surface area contributed by atoms with Crippen LogP contribution in [0.4, 0.5) is 5.69 Å². The summed E-state index contributed by atoms with van der Waals surface area (Å²) in [6, 6.07) is 8.27.